The summed E-state index contributed by atoms with van der Waals surface area (Å²) in [6, 6.07) is 4.09. The number of carbonyl (C=O) groups excluding carboxylic acids is 1. The third kappa shape index (κ3) is 3.42. The lowest BCUT2D eigenvalue weighted by Crippen LogP contribution is -2.39. The molecule has 2 N–H and O–H groups in total. The molecule has 2 amide bonds. The number of nitrogens with zero attached hydrogens (tertiary/aromatic N) is 3. The fourth-order valence-corrected chi connectivity index (χ4v) is 4.44. The Hall–Kier alpha value is -2.44. The highest BCUT2D eigenvalue weighted by Crippen LogP contribution is 2.33. The average molecular weight is 371 g/mol. The second-order valence-electron chi connectivity index (χ2n) is 7.89. The van der Waals surface area contributed by atoms with Gasteiger partial charge in [0.25, 0.3) is 0 Å². The van der Waals surface area contributed by atoms with Crippen LogP contribution in [0.3, 0.4) is 0 Å². The first-order valence-electron chi connectivity index (χ1n) is 10.1. The zero-order valence-electron chi connectivity index (χ0n) is 16.3. The summed E-state index contributed by atoms with van der Waals surface area (Å²) in [5, 5.41) is 6.19. The molecule has 0 spiro atoms. The summed E-state index contributed by atoms with van der Waals surface area (Å²) < 4.78 is 3.30. The SMILES string of the molecule is Cn1c(=O)n(C)c2cc(N3CCCC3)c(NC(=O)NC3CCCCC3)cc21. The fourth-order valence-electron chi connectivity index (χ4n) is 4.44. The Labute approximate surface area is 159 Å². The van der Waals surface area contributed by atoms with Gasteiger partial charge in [-0.1, -0.05) is 19.3 Å². The van der Waals surface area contributed by atoms with Crippen molar-refractivity contribution >= 4 is 28.4 Å². The summed E-state index contributed by atoms with van der Waals surface area (Å²) >= 11 is 0. The molecular weight excluding hydrogens is 342 g/mol. The average Bonchev–Trinajstić information content (AvgIpc) is 3.27. The Balaban J connectivity index is 1.66. The number of rotatable bonds is 3. The quantitative estimate of drug-likeness (QED) is 0.871. The predicted octanol–water partition coefficient (Wildman–Crippen LogP) is 2.93. The molecule has 2 heterocycles. The molecule has 2 aliphatic rings. The standard InChI is InChI=1S/C20H29N5O2/c1-23-17-12-15(22-19(26)21-14-8-4-3-5-9-14)16(25-10-6-7-11-25)13-18(17)24(2)20(23)27/h12-14H,3-11H2,1-2H3,(H2,21,22,26). The van der Waals surface area contributed by atoms with Crippen LogP contribution in [-0.2, 0) is 14.1 Å². The largest absolute Gasteiger partial charge is 0.370 e. The highest BCUT2D eigenvalue weighted by molar-refractivity contribution is 5.98. The molecule has 1 aliphatic carbocycles. The zero-order valence-corrected chi connectivity index (χ0v) is 16.3. The van der Waals surface area contributed by atoms with E-state index in [1.54, 1.807) is 23.2 Å². The van der Waals surface area contributed by atoms with E-state index >= 15 is 0 Å². The smallest absolute Gasteiger partial charge is 0.328 e. The van der Waals surface area contributed by atoms with E-state index in [0.29, 0.717) is 0 Å². The first-order valence-corrected chi connectivity index (χ1v) is 10.1. The summed E-state index contributed by atoms with van der Waals surface area (Å²) in [4.78, 5) is 27.3. The predicted molar refractivity (Wildman–Crippen MR) is 109 cm³/mol. The number of nitrogens with one attached hydrogen (secondary N) is 2. The Morgan fingerprint density at radius 2 is 1.59 bits per heavy atom. The van der Waals surface area contributed by atoms with Gasteiger partial charge in [0.2, 0.25) is 0 Å². The van der Waals surface area contributed by atoms with Gasteiger partial charge in [0.1, 0.15) is 0 Å². The molecular formula is C20H29N5O2. The van der Waals surface area contributed by atoms with Crippen LogP contribution in [-0.4, -0.2) is 34.3 Å². The molecule has 2 aromatic rings. The van der Waals surface area contributed by atoms with Crippen molar-refractivity contribution in [1.82, 2.24) is 14.5 Å². The first kappa shape index (κ1) is 17.9. The molecule has 1 aliphatic heterocycles. The van der Waals surface area contributed by atoms with Gasteiger partial charge in [-0.2, -0.15) is 0 Å². The van der Waals surface area contributed by atoms with Crippen LogP contribution in [0, 0.1) is 0 Å². The van der Waals surface area contributed by atoms with E-state index < -0.39 is 0 Å². The van der Waals surface area contributed by atoms with Gasteiger partial charge in [0, 0.05) is 33.2 Å². The maximum absolute atomic E-state index is 12.6. The summed E-state index contributed by atoms with van der Waals surface area (Å²) in [6.07, 6.45) is 8.04. The topological polar surface area (TPSA) is 71.3 Å². The van der Waals surface area contributed by atoms with E-state index in [0.717, 1.165) is 61.2 Å². The molecule has 1 aromatic heterocycles. The molecule has 2 fully saturated rings. The van der Waals surface area contributed by atoms with Crippen molar-refractivity contribution in [3.05, 3.63) is 22.6 Å². The lowest BCUT2D eigenvalue weighted by atomic mass is 9.96. The molecule has 7 heteroatoms. The Kier molecular flexibility index (Phi) is 4.85. The highest BCUT2D eigenvalue weighted by atomic mass is 16.2. The van der Waals surface area contributed by atoms with Gasteiger partial charge in [-0.15, -0.1) is 0 Å². The van der Waals surface area contributed by atoms with E-state index in [1.165, 1.54) is 19.3 Å². The molecule has 0 unspecified atom stereocenters. The first-order chi connectivity index (χ1) is 13.0. The van der Waals surface area contributed by atoms with Crippen LogP contribution in [0.5, 0.6) is 0 Å². The van der Waals surface area contributed by atoms with Gasteiger partial charge < -0.3 is 15.5 Å². The zero-order chi connectivity index (χ0) is 19.0. The molecule has 7 nitrogen and oxygen atoms in total. The molecule has 0 atom stereocenters. The molecule has 27 heavy (non-hydrogen) atoms. The third-order valence-corrected chi connectivity index (χ3v) is 6.02. The second kappa shape index (κ2) is 7.29. The molecule has 146 valence electrons. The van der Waals surface area contributed by atoms with Crippen LogP contribution in [0.25, 0.3) is 11.0 Å². The van der Waals surface area contributed by atoms with Gasteiger partial charge in [0.05, 0.1) is 22.4 Å². The van der Waals surface area contributed by atoms with Crippen molar-refractivity contribution in [3.63, 3.8) is 0 Å². The molecule has 4 rings (SSSR count). The number of aryl methyl sites for hydroxylation is 2. The summed E-state index contributed by atoms with van der Waals surface area (Å²) in [5.74, 6) is 0. The van der Waals surface area contributed by atoms with E-state index in [9.17, 15) is 9.59 Å². The second-order valence-corrected chi connectivity index (χ2v) is 7.89. The van der Waals surface area contributed by atoms with Crippen LogP contribution in [0.15, 0.2) is 16.9 Å². The summed E-state index contributed by atoms with van der Waals surface area (Å²) in [5.41, 5.74) is 3.45. The lowest BCUT2D eigenvalue weighted by molar-refractivity contribution is 0.244. The van der Waals surface area contributed by atoms with E-state index in [4.69, 9.17) is 0 Å². The van der Waals surface area contributed by atoms with Crippen LogP contribution in [0.2, 0.25) is 0 Å². The maximum atomic E-state index is 12.6. The Morgan fingerprint density at radius 1 is 0.963 bits per heavy atom. The number of fused-ring (bicyclic) bond motifs is 1. The van der Waals surface area contributed by atoms with Crippen LogP contribution in [0.1, 0.15) is 44.9 Å². The number of urea groups is 1. The third-order valence-electron chi connectivity index (χ3n) is 6.02. The van der Waals surface area contributed by atoms with Crippen molar-refractivity contribution in [2.75, 3.05) is 23.3 Å². The number of hydrogen-bond donors (Lipinski definition) is 2. The lowest BCUT2D eigenvalue weighted by Gasteiger charge is -2.25. The van der Waals surface area contributed by atoms with Crippen molar-refractivity contribution in [2.45, 2.75) is 51.0 Å². The molecule has 1 saturated heterocycles. The summed E-state index contributed by atoms with van der Waals surface area (Å²) in [6.45, 7) is 1.95. The van der Waals surface area contributed by atoms with Gasteiger partial charge in [0.15, 0.2) is 0 Å². The van der Waals surface area contributed by atoms with Crippen LogP contribution >= 0.6 is 0 Å². The molecule has 0 radical (unpaired) electrons. The van der Waals surface area contributed by atoms with Crippen molar-refractivity contribution in [1.29, 1.82) is 0 Å². The van der Waals surface area contributed by atoms with E-state index in [2.05, 4.69) is 15.5 Å². The Bertz CT molecular complexity index is 901. The van der Waals surface area contributed by atoms with Gasteiger partial charge in [-0.25, -0.2) is 9.59 Å². The van der Waals surface area contributed by atoms with Gasteiger partial charge >= 0.3 is 11.7 Å². The summed E-state index contributed by atoms with van der Waals surface area (Å²) in [7, 11) is 3.56. The van der Waals surface area contributed by atoms with Gasteiger partial charge in [-0.05, 0) is 37.8 Å². The van der Waals surface area contributed by atoms with Crippen molar-refractivity contribution in [2.24, 2.45) is 14.1 Å². The van der Waals surface area contributed by atoms with E-state index in [1.807, 2.05) is 12.1 Å². The Morgan fingerprint density at radius 3 is 2.26 bits per heavy atom. The minimum atomic E-state index is -0.150. The molecule has 0 bridgehead atoms. The van der Waals surface area contributed by atoms with Crippen LogP contribution in [0.4, 0.5) is 16.2 Å². The number of hydrogen-bond acceptors (Lipinski definition) is 3. The van der Waals surface area contributed by atoms with Crippen molar-refractivity contribution in [3.8, 4) is 0 Å². The number of benzene rings is 1. The van der Waals surface area contributed by atoms with Crippen molar-refractivity contribution < 1.29 is 4.79 Å². The number of carbonyl (C=O) groups is 1. The normalized spacial score (nSPS) is 18.2. The highest BCUT2D eigenvalue weighted by Gasteiger charge is 2.22. The molecule has 1 aromatic carbocycles. The van der Waals surface area contributed by atoms with Gasteiger partial charge in [-0.3, -0.25) is 9.13 Å². The number of amides is 2. The fraction of sp³-hybridized carbons (Fsp3) is 0.600. The minimum absolute atomic E-state index is 0.0545. The van der Waals surface area contributed by atoms with E-state index in [-0.39, 0.29) is 17.8 Å². The number of aromatic nitrogens is 2. The maximum Gasteiger partial charge on any atom is 0.328 e. The monoisotopic (exact) mass is 371 g/mol. The minimum Gasteiger partial charge on any atom is -0.370 e. The number of imidazole rings is 1. The molecule has 1 saturated carbocycles. The van der Waals surface area contributed by atoms with Crippen LogP contribution < -0.4 is 21.2 Å². The number of anilines is 2.